The highest BCUT2D eigenvalue weighted by Crippen LogP contribution is 2.24. The summed E-state index contributed by atoms with van der Waals surface area (Å²) in [5.74, 6) is 0. The highest BCUT2D eigenvalue weighted by Gasteiger charge is 2.20. The van der Waals surface area contributed by atoms with E-state index < -0.39 is 0 Å². The molecule has 0 unspecified atom stereocenters. The van der Waals surface area contributed by atoms with Crippen molar-refractivity contribution in [2.75, 3.05) is 31.1 Å². The van der Waals surface area contributed by atoms with Gasteiger partial charge in [0, 0.05) is 49.0 Å². The molecular formula is C17H23N3OS. The van der Waals surface area contributed by atoms with Crippen molar-refractivity contribution in [3.05, 3.63) is 49.6 Å². The molecule has 5 heteroatoms. The zero-order valence-electron chi connectivity index (χ0n) is 13.5. The second-order valence-corrected chi connectivity index (χ2v) is 7.11. The van der Waals surface area contributed by atoms with Crippen molar-refractivity contribution in [3.63, 3.8) is 0 Å². The average Bonchev–Trinajstić information content (AvgIpc) is 2.81. The van der Waals surface area contributed by atoms with Crippen LogP contribution < -0.4 is 9.77 Å². The fourth-order valence-corrected chi connectivity index (χ4v) is 3.89. The molecule has 2 heterocycles. The van der Waals surface area contributed by atoms with Crippen LogP contribution in [0.5, 0.6) is 0 Å². The first-order valence-electron chi connectivity index (χ1n) is 7.76. The third-order valence-electron chi connectivity index (χ3n) is 4.58. The molecule has 1 N–H and O–H groups in total. The Hall–Kier alpha value is -1.59. The Morgan fingerprint density at radius 2 is 1.86 bits per heavy atom. The summed E-state index contributed by atoms with van der Waals surface area (Å²) in [6.45, 7) is 11.4. The summed E-state index contributed by atoms with van der Waals surface area (Å²) >= 11 is 1.34. The molecule has 4 nitrogen and oxygen atoms in total. The monoisotopic (exact) mass is 317 g/mol. The standard InChI is InChI=1S/C17H23N3OS/c1-12-5-4-6-15(13(12)2)20-9-7-19(8-10-20)11-16-14(3)18-17(21)22-16/h4-6H,7-11H2,1-3H3,(H,18,21). The lowest BCUT2D eigenvalue weighted by atomic mass is 10.1. The fourth-order valence-electron chi connectivity index (χ4n) is 3.02. The highest BCUT2D eigenvalue weighted by molar-refractivity contribution is 7.09. The first-order chi connectivity index (χ1) is 10.5. The molecule has 1 aromatic heterocycles. The second-order valence-electron chi connectivity index (χ2n) is 6.04. The molecule has 2 aromatic rings. The second kappa shape index (κ2) is 6.26. The molecule has 1 aliphatic heterocycles. The molecule has 0 spiro atoms. The highest BCUT2D eigenvalue weighted by atomic mass is 32.1. The van der Waals surface area contributed by atoms with Crippen LogP contribution in [0.3, 0.4) is 0 Å². The molecule has 1 saturated heterocycles. The Bertz CT molecular complexity index is 711. The van der Waals surface area contributed by atoms with E-state index in [0.29, 0.717) is 0 Å². The lowest BCUT2D eigenvalue weighted by molar-refractivity contribution is 0.251. The van der Waals surface area contributed by atoms with E-state index in [4.69, 9.17) is 0 Å². The van der Waals surface area contributed by atoms with Crippen molar-refractivity contribution in [1.29, 1.82) is 0 Å². The number of hydrogen-bond acceptors (Lipinski definition) is 4. The van der Waals surface area contributed by atoms with E-state index >= 15 is 0 Å². The fraction of sp³-hybridized carbons (Fsp3) is 0.471. The summed E-state index contributed by atoms with van der Waals surface area (Å²) in [6, 6.07) is 6.54. The predicted molar refractivity (Wildman–Crippen MR) is 93.1 cm³/mol. The number of anilines is 1. The van der Waals surface area contributed by atoms with Gasteiger partial charge in [0.15, 0.2) is 0 Å². The van der Waals surface area contributed by atoms with Crippen LogP contribution in [-0.2, 0) is 6.54 Å². The number of nitrogens with zero attached hydrogens (tertiary/aromatic N) is 2. The quantitative estimate of drug-likeness (QED) is 0.946. The van der Waals surface area contributed by atoms with Gasteiger partial charge >= 0.3 is 4.87 Å². The molecule has 3 rings (SSSR count). The van der Waals surface area contributed by atoms with Crippen LogP contribution in [0.15, 0.2) is 23.0 Å². The lowest BCUT2D eigenvalue weighted by Gasteiger charge is -2.37. The number of rotatable bonds is 3. The number of aromatic amines is 1. The predicted octanol–water partition coefficient (Wildman–Crippen LogP) is 2.68. The minimum Gasteiger partial charge on any atom is -0.369 e. The molecule has 0 amide bonds. The largest absolute Gasteiger partial charge is 0.369 e. The molecule has 0 radical (unpaired) electrons. The third-order valence-corrected chi connectivity index (χ3v) is 5.55. The molecule has 0 atom stereocenters. The zero-order chi connectivity index (χ0) is 15.7. The topological polar surface area (TPSA) is 39.3 Å². The summed E-state index contributed by atoms with van der Waals surface area (Å²) in [6.07, 6.45) is 0. The Balaban J connectivity index is 1.64. The molecule has 1 aromatic carbocycles. The van der Waals surface area contributed by atoms with Gasteiger partial charge in [-0.1, -0.05) is 23.5 Å². The van der Waals surface area contributed by atoms with Crippen molar-refractivity contribution in [3.8, 4) is 0 Å². The number of aryl methyl sites for hydroxylation is 2. The van der Waals surface area contributed by atoms with Gasteiger partial charge < -0.3 is 9.88 Å². The van der Waals surface area contributed by atoms with Gasteiger partial charge in [-0.25, -0.2) is 0 Å². The van der Waals surface area contributed by atoms with Gasteiger partial charge in [0.1, 0.15) is 0 Å². The van der Waals surface area contributed by atoms with E-state index in [1.807, 2.05) is 6.92 Å². The van der Waals surface area contributed by atoms with E-state index in [1.54, 1.807) is 0 Å². The van der Waals surface area contributed by atoms with Crippen LogP contribution in [-0.4, -0.2) is 36.1 Å². The van der Waals surface area contributed by atoms with Gasteiger partial charge in [0.2, 0.25) is 0 Å². The minimum absolute atomic E-state index is 0.0570. The lowest BCUT2D eigenvalue weighted by Crippen LogP contribution is -2.46. The van der Waals surface area contributed by atoms with Crippen LogP contribution in [0, 0.1) is 20.8 Å². The summed E-state index contributed by atoms with van der Waals surface area (Å²) in [5, 5.41) is 0. The Morgan fingerprint density at radius 3 is 2.50 bits per heavy atom. The van der Waals surface area contributed by atoms with Crippen molar-refractivity contribution in [2.24, 2.45) is 0 Å². The number of H-pyrrole nitrogens is 1. The van der Waals surface area contributed by atoms with Crippen LogP contribution >= 0.6 is 11.3 Å². The Labute approximate surface area is 135 Å². The van der Waals surface area contributed by atoms with E-state index in [9.17, 15) is 4.79 Å². The van der Waals surface area contributed by atoms with Crippen molar-refractivity contribution in [2.45, 2.75) is 27.3 Å². The Morgan fingerprint density at radius 1 is 1.14 bits per heavy atom. The minimum atomic E-state index is 0.0570. The van der Waals surface area contributed by atoms with Crippen LogP contribution in [0.25, 0.3) is 0 Å². The van der Waals surface area contributed by atoms with Gasteiger partial charge in [-0.15, -0.1) is 0 Å². The first kappa shape index (κ1) is 15.3. The summed E-state index contributed by atoms with van der Waals surface area (Å²) in [4.78, 5) is 20.4. The molecule has 1 fully saturated rings. The number of piperazine rings is 1. The number of thiazole rings is 1. The first-order valence-corrected chi connectivity index (χ1v) is 8.58. The van der Waals surface area contributed by atoms with E-state index in [1.165, 1.54) is 33.0 Å². The third kappa shape index (κ3) is 3.10. The van der Waals surface area contributed by atoms with Crippen molar-refractivity contribution < 1.29 is 0 Å². The normalized spacial score (nSPS) is 16.2. The van der Waals surface area contributed by atoms with Crippen molar-refractivity contribution >= 4 is 17.0 Å². The van der Waals surface area contributed by atoms with Gasteiger partial charge in [0.25, 0.3) is 0 Å². The molecule has 0 bridgehead atoms. The number of nitrogens with one attached hydrogen (secondary N) is 1. The zero-order valence-corrected chi connectivity index (χ0v) is 14.3. The molecule has 1 aliphatic rings. The molecular weight excluding hydrogens is 294 g/mol. The summed E-state index contributed by atoms with van der Waals surface area (Å²) in [5.41, 5.74) is 5.12. The molecule has 0 aliphatic carbocycles. The van der Waals surface area contributed by atoms with Gasteiger partial charge in [0.05, 0.1) is 0 Å². The van der Waals surface area contributed by atoms with E-state index in [0.717, 1.165) is 38.4 Å². The maximum atomic E-state index is 11.4. The van der Waals surface area contributed by atoms with Gasteiger partial charge in [-0.2, -0.15) is 0 Å². The van der Waals surface area contributed by atoms with Crippen LogP contribution in [0.2, 0.25) is 0 Å². The number of benzene rings is 1. The number of hydrogen-bond donors (Lipinski definition) is 1. The molecule has 118 valence electrons. The Kier molecular flexibility index (Phi) is 4.36. The SMILES string of the molecule is Cc1cccc(N2CCN(Cc3sc(=O)[nH]c3C)CC2)c1C. The van der Waals surface area contributed by atoms with Gasteiger partial charge in [-0.3, -0.25) is 9.69 Å². The van der Waals surface area contributed by atoms with E-state index in [-0.39, 0.29) is 4.87 Å². The molecule has 22 heavy (non-hydrogen) atoms. The number of aromatic nitrogens is 1. The van der Waals surface area contributed by atoms with Crippen molar-refractivity contribution in [1.82, 2.24) is 9.88 Å². The smallest absolute Gasteiger partial charge is 0.304 e. The average molecular weight is 317 g/mol. The maximum absolute atomic E-state index is 11.4. The molecule has 0 saturated carbocycles. The van der Waals surface area contributed by atoms with E-state index in [2.05, 4.69) is 46.8 Å². The summed E-state index contributed by atoms with van der Waals surface area (Å²) < 4.78 is 0. The van der Waals surface area contributed by atoms with Gasteiger partial charge in [-0.05, 0) is 38.0 Å². The van der Waals surface area contributed by atoms with Crippen LogP contribution in [0.4, 0.5) is 5.69 Å². The van der Waals surface area contributed by atoms with Crippen LogP contribution in [0.1, 0.15) is 21.7 Å². The maximum Gasteiger partial charge on any atom is 0.304 e. The summed E-state index contributed by atoms with van der Waals surface area (Å²) in [7, 11) is 0.